The second-order valence-corrected chi connectivity index (χ2v) is 22.1. The van der Waals surface area contributed by atoms with Gasteiger partial charge in [-0.1, -0.05) is 67.9 Å². The van der Waals surface area contributed by atoms with Gasteiger partial charge in [0.2, 0.25) is 27.7 Å². The molecule has 1 aromatic rings. The molecule has 0 unspecified atom stereocenters. The predicted octanol–water partition coefficient (Wildman–Crippen LogP) is 1.50. The number of aromatic amines is 1. The lowest BCUT2D eigenvalue weighted by Gasteiger charge is -2.38. The number of carbonyl (C=O) groups is 4. The van der Waals surface area contributed by atoms with Crippen molar-refractivity contribution in [2.24, 2.45) is 33.0 Å². The normalized spacial score (nSPS) is 29.8. The lowest BCUT2D eigenvalue weighted by molar-refractivity contribution is -0.145. The molecule has 16 nitrogen and oxygen atoms in total. The molecule has 53 heavy (non-hydrogen) atoms. The minimum Gasteiger partial charge on any atom is -0.342 e. The lowest BCUT2D eigenvalue weighted by Crippen LogP contribution is -2.63. The van der Waals surface area contributed by atoms with E-state index in [1.54, 1.807) is 41.5 Å². The Kier molecular flexibility index (Phi) is 9.14. The zero-order valence-electron chi connectivity index (χ0n) is 31.8. The van der Waals surface area contributed by atoms with Gasteiger partial charge in [-0.3, -0.25) is 23.9 Å². The molecule has 5 N–H and O–H groups in total. The molecule has 2 heterocycles. The van der Waals surface area contributed by atoms with Gasteiger partial charge < -0.3 is 15.5 Å². The highest BCUT2D eigenvalue weighted by molar-refractivity contribution is 7.91. The summed E-state index contributed by atoms with van der Waals surface area (Å²) in [7, 11) is -8.20. The Balaban J connectivity index is 1.30. The van der Waals surface area contributed by atoms with Crippen LogP contribution in [0.1, 0.15) is 100 Å². The Morgan fingerprint density at radius 1 is 0.981 bits per heavy atom. The van der Waals surface area contributed by atoms with Crippen LogP contribution in [-0.2, 0) is 39.2 Å². The van der Waals surface area contributed by atoms with E-state index in [2.05, 4.69) is 55.7 Å². The van der Waals surface area contributed by atoms with Gasteiger partial charge in [0.15, 0.2) is 0 Å². The molecule has 5 fully saturated rings. The first-order valence-electron chi connectivity index (χ1n) is 18.3. The maximum atomic E-state index is 14.9. The second kappa shape index (κ2) is 12.3. The molecule has 18 heteroatoms. The van der Waals surface area contributed by atoms with E-state index in [1.807, 2.05) is 0 Å². The molecule has 294 valence electrons. The van der Waals surface area contributed by atoms with Crippen molar-refractivity contribution < 1.29 is 36.0 Å². The quantitative estimate of drug-likeness (QED) is 0.192. The molecule has 2 spiro atoms. The number of fused-ring (bicyclic) bond motifs is 1. The van der Waals surface area contributed by atoms with Crippen LogP contribution in [0.5, 0.6) is 0 Å². The molecule has 5 aliphatic rings. The number of carbonyl (C=O) groups excluding carboxylic acids is 4. The highest BCUT2D eigenvalue weighted by Gasteiger charge is 2.85. The number of nitrogens with one attached hydrogen (secondary N) is 5. The van der Waals surface area contributed by atoms with Crippen molar-refractivity contribution in [3.63, 3.8) is 0 Å². The van der Waals surface area contributed by atoms with Gasteiger partial charge in [0.25, 0.3) is 21.1 Å². The highest BCUT2D eigenvalue weighted by atomic mass is 32.2. The number of amides is 4. The summed E-state index contributed by atoms with van der Waals surface area (Å²) in [6.07, 6.45) is 6.91. The minimum atomic E-state index is -4.31. The molecular weight excluding hydrogens is 725 g/mol. The third-order valence-corrected chi connectivity index (χ3v) is 16.2. The first kappa shape index (κ1) is 39.3. The van der Waals surface area contributed by atoms with Gasteiger partial charge in [-0.05, 0) is 60.2 Å². The van der Waals surface area contributed by atoms with Crippen molar-refractivity contribution in [1.82, 2.24) is 40.2 Å². The summed E-state index contributed by atoms with van der Waals surface area (Å²) in [6, 6.07) is -3.56. The van der Waals surface area contributed by atoms with Crippen LogP contribution in [0.4, 0.5) is 0 Å². The SMILES string of the molecule is C=C[C@@H]1C[C@]1(NC(=O)[C@@H]1C[C@@]2(CN1C(=O)[C@@H](NC(=O)[C@@H](NS(=O)(=O)c1ncn[nH]1)C(C)(C)C)C(C)(C)C)C(C)(C)C21CCC1)C(=O)NS(=O)(=O)C1CC1. The topological polar surface area (TPSA) is 229 Å². The maximum absolute atomic E-state index is 14.9. The summed E-state index contributed by atoms with van der Waals surface area (Å²) in [5, 5.41) is 10.5. The van der Waals surface area contributed by atoms with Crippen molar-refractivity contribution >= 4 is 43.7 Å². The molecule has 4 amide bonds. The molecule has 6 rings (SSSR count). The van der Waals surface area contributed by atoms with E-state index in [1.165, 1.54) is 11.0 Å². The van der Waals surface area contributed by atoms with Crippen molar-refractivity contribution in [1.29, 1.82) is 0 Å². The number of nitrogens with zero attached hydrogens (tertiary/aromatic N) is 3. The van der Waals surface area contributed by atoms with Crippen molar-refractivity contribution in [3.8, 4) is 0 Å². The number of rotatable bonds is 12. The highest BCUT2D eigenvalue weighted by Crippen LogP contribution is 2.88. The van der Waals surface area contributed by atoms with Crippen molar-refractivity contribution in [2.75, 3.05) is 6.54 Å². The van der Waals surface area contributed by atoms with E-state index >= 15 is 0 Å². The van der Waals surface area contributed by atoms with Crippen LogP contribution in [0.2, 0.25) is 0 Å². The van der Waals surface area contributed by atoms with Crippen molar-refractivity contribution in [2.45, 2.75) is 134 Å². The van der Waals surface area contributed by atoms with E-state index in [-0.39, 0.29) is 23.8 Å². The van der Waals surface area contributed by atoms with Crippen LogP contribution < -0.4 is 20.1 Å². The molecule has 6 atom stereocenters. The smallest absolute Gasteiger partial charge is 0.276 e. The van der Waals surface area contributed by atoms with E-state index in [4.69, 9.17) is 0 Å². The monoisotopic (exact) mass is 778 g/mol. The van der Waals surface area contributed by atoms with E-state index in [0.29, 0.717) is 19.3 Å². The number of sulfonamides is 2. The summed E-state index contributed by atoms with van der Waals surface area (Å²) in [6.45, 7) is 18.7. The number of H-pyrrole nitrogens is 1. The minimum absolute atomic E-state index is 0.0685. The van der Waals surface area contributed by atoms with Gasteiger partial charge in [-0.2, -0.15) is 9.82 Å². The Labute approximate surface area is 311 Å². The second-order valence-electron chi connectivity index (χ2n) is 18.5. The van der Waals surface area contributed by atoms with Gasteiger partial charge in [-0.25, -0.2) is 26.9 Å². The van der Waals surface area contributed by atoms with Crippen LogP contribution >= 0.6 is 0 Å². The molecule has 4 aliphatic carbocycles. The van der Waals surface area contributed by atoms with Crippen LogP contribution in [0.3, 0.4) is 0 Å². The Morgan fingerprint density at radius 3 is 2.06 bits per heavy atom. The Hall–Kier alpha value is -3.38. The standard InChI is InChI=1S/C35H54N8O8S2/c1-10-20-16-35(20,28(47)42-52(48,49)21-12-13-21)39-25(44)22-17-34(32(8,9)33(34)14-11-15-33)18-43(22)27(46)24(31(5,6)7)38-26(45)23(30(2,3)4)41-53(50,51)29-36-19-37-40-29/h10,19-24,41H,1,11-18H2,2-9H3,(H,38,45)(H,39,44)(H,42,47)(H,36,37,40)/t20-,22+,23-,24-,34-,35-/m1/s1. The first-order chi connectivity index (χ1) is 24.3. The zero-order chi connectivity index (χ0) is 39.4. The zero-order valence-corrected chi connectivity index (χ0v) is 33.5. The van der Waals surface area contributed by atoms with Gasteiger partial charge >= 0.3 is 0 Å². The summed E-state index contributed by atoms with van der Waals surface area (Å²) in [5.41, 5.74) is -4.04. The third-order valence-electron chi connectivity index (χ3n) is 13.1. The summed E-state index contributed by atoms with van der Waals surface area (Å²) in [5.74, 6) is -3.17. The Morgan fingerprint density at radius 2 is 1.60 bits per heavy atom. The van der Waals surface area contributed by atoms with E-state index in [0.717, 1.165) is 25.6 Å². The fourth-order valence-corrected chi connectivity index (χ4v) is 11.9. The third kappa shape index (κ3) is 6.29. The van der Waals surface area contributed by atoms with E-state index < -0.39 is 99.9 Å². The fraction of sp³-hybridized carbons (Fsp3) is 0.771. The van der Waals surface area contributed by atoms with Crippen LogP contribution in [0, 0.1) is 33.0 Å². The molecule has 1 aliphatic heterocycles. The number of hydrogen-bond donors (Lipinski definition) is 5. The van der Waals surface area contributed by atoms with E-state index in [9.17, 15) is 36.0 Å². The van der Waals surface area contributed by atoms with Crippen LogP contribution in [0.15, 0.2) is 24.1 Å². The molecule has 0 aromatic carbocycles. The molecule has 0 radical (unpaired) electrons. The molecule has 0 bridgehead atoms. The van der Waals surface area contributed by atoms with Gasteiger partial charge in [-0.15, -0.1) is 6.58 Å². The lowest BCUT2D eigenvalue weighted by atomic mass is 9.73. The number of hydrogen-bond acceptors (Lipinski definition) is 10. The van der Waals surface area contributed by atoms with Gasteiger partial charge in [0.05, 0.1) is 5.25 Å². The number of likely N-dealkylation sites (tertiary alicyclic amines) is 1. The summed E-state index contributed by atoms with van der Waals surface area (Å²) < 4.78 is 56.4. The van der Waals surface area contributed by atoms with Gasteiger partial charge in [0.1, 0.15) is 30.0 Å². The van der Waals surface area contributed by atoms with Gasteiger partial charge in [0, 0.05) is 17.9 Å². The number of aromatic nitrogens is 3. The van der Waals surface area contributed by atoms with Crippen LogP contribution in [0.25, 0.3) is 0 Å². The largest absolute Gasteiger partial charge is 0.342 e. The Bertz CT molecular complexity index is 1930. The summed E-state index contributed by atoms with van der Waals surface area (Å²) >= 11 is 0. The fourth-order valence-electron chi connectivity index (χ4n) is 9.28. The molecule has 4 saturated carbocycles. The molecular formula is C35H54N8O8S2. The average Bonchev–Trinajstić information content (AvgIpc) is 3.93. The first-order valence-corrected chi connectivity index (χ1v) is 21.3. The average molecular weight is 779 g/mol. The maximum Gasteiger partial charge on any atom is 0.276 e. The van der Waals surface area contributed by atoms with Crippen LogP contribution in [-0.4, -0.2) is 96.0 Å². The molecule has 1 saturated heterocycles. The molecule has 1 aromatic heterocycles. The van der Waals surface area contributed by atoms with Crippen molar-refractivity contribution in [3.05, 3.63) is 19.0 Å². The summed E-state index contributed by atoms with van der Waals surface area (Å²) in [4.78, 5) is 62.3. The predicted molar refractivity (Wildman–Crippen MR) is 193 cm³/mol.